The van der Waals surface area contributed by atoms with E-state index in [9.17, 15) is 17.6 Å². The first kappa shape index (κ1) is 13.1. The van der Waals surface area contributed by atoms with Gasteiger partial charge in [-0.15, -0.1) is 0 Å². The first-order valence-corrected chi connectivity index (χ1v) is 5.68. The Hall–Kier alpha value is -1.32. The Kier molecular flexibility index (Phi) is 2.80. The van der Waals surface area contributed by atoms with Crippen LogP contribution in [0.3, 0.4) is 0 Å². The van der Waals surface area contributed by atoms with Gasteiger partial charge in [0.15, 0.2) is 5.67 Å². The van der Waals surface area contributed by atoms with Crippen molar-refractivity contribution in [3.8, 4) is 0 Å². The molecular weight excluding hydrogens is 244 g/mol. The van der Waals surface area contributed by atoms with E-state index in [1.54, 1.807) is 0 Å². The topological polar surface area (TPSA) is 0 Å². The summed E-state index contributed by atoms with van der Waals surface area (Å²) in [5.41, 5.74) is -1.30. The first-order chi connectivity index (χ1) is 8.13. The third-order valence-corrected chi connectivity index (χ3v) is 3.37. The Morgan fingerprint density at radius 3 is 2.56 bits per heavy atom. The van der Waals surface area contributed by atoms with Gasteiger partial charge in [-0.1, -0.05) is 12.6 Å². The molecule has 0 saturated carbocycles. The van der Waals surface area contributed by atoms with Gasteiger partial charge in [0.2, 0.25) is 5.92 Å². The number of hydrogen-bond acceptors (Lipinski definition) is 0. The standard InChI is InChI=1S/C14H14F4/c1-8-6-9-4-5-11(15)10(7-13(2,16)17)12(9)14(8,3)18/h4-5H,1,6-7H2,2-3H3. The van der Waals surface area contributed by atoms with E-state index in [0.717, 1.165) is 6.07 Å². The van der Waals surface area contributed by atoms with Crippen LogP contribution in [0.5, 0.6) is 0 Å². The van der Waals surface area contributed by atoms with Crippen molar-refractivity contribution in [1.82, 2.24) is 0 Å². The fraction of sp³-hybridized carbons (Fsp3) is 0.429. The average Bonchev–Trinajstić information content (AvgIpc) is 2.42. The normalized spacial score (nSPS) is 23.3. The lowest BCUT2D eigenvalue weighted by molar-refractivity contribution is 0.0211. The van der Waals surface area contributed by atoms with Gasteiger partial charge < -0.3 is 0 Å². The van der Waals surface area contributed by atoms with Gasteiger partial charge in [0.1, 0.15) is 5.82 Å². The van der Waals surface area contributed by atoms with E-state index in [4.69, 9.17) is 0 Å². The molecule has 0 N–H and O–H groups in total. The minimum Gasteiger partial charge on any atom is -0.234 e. The van der Waals surface area contributed by atoms with Crippen LogP contribution in [0.25, 0.3) is 0 Å². The summed E-state index contributed by atoms with van der Waals surface area (Å²) in [7, 11) is 0. The molecule has 0 radical (unpaired) electrons. The number of allylic oxidation sites excluding steroid dienone is 1. The van der Waals surface area contributed by atoms with E-state index in [1.165, 1.54) is 13.0 Å². The Bertz CT molecular complexity index is 509. The Balaban J connectivity index is 2.62. The molecule has 18 heavy (non-hydrogen) atoms. The lowest BCUT2D eigenvalue weighted by atomic mass is 9.90. The lowest BCUT2D eigenvalue weighted by Gasteiger charge is -2.22. The molecule has 0 aromatic heterocycles. The second kappa shape index (κ2) is 3.84. The van der Waals surface area contributed by atoms with Crippen LogP contribution in [0.2, 0.25) is 0 Å². The molecule has 1 aromatic carbocycles. The van der Waals surface area contributed by atoms with Crippen LogP contribution in [0, 0.1) is 5.82 Å². The van der Waals surface area contributed by atoms with E-state index >= 15 is 0 Å². The molecule has 0 amide bonds. The quantitative estimate of drug-likeness (QED) is 0.547. The predicted octanol–water partition coefficient (Wildman–Crippen LogP) is 4.32. The van der Waals surface area contributed by atoms with Gasteiger partial charge in [-0.25, -0.2) is 17.6 Å². The SMILES string of the molecule is C=C1Cc2ccc(F)c(CC(C)(F)F)c2C1(C)F. The van der Waals surface area contributed by atoms with Crippen molar-refractivity contribution in [2.75, 3.05) is 0 Å². The molecule has 1 atom stereocenters. The maximum absolute atomic E-state index is 14.5. The van der Waals surface area contributed by atoms with E-state index in [2.05, 4.69) is 6.58 Å². The molecule has 0 nitrogen and oxygen atoms in total. The lowest BCUT2D eigenvalue weighted by Crippen LogP contribution is -2.21. The fourth-order valence-electron chi connectivity index (χ4n) is 2.46. The highest BCUT2D eigenvalue weighted by Crippen LogP contribution is 2.46. The zero-order valence-corrected chi connectivity index (χ0v) is 10.3. The number of fused-ring (bicyclic) bond motifs is 1. The molecule has 98 valence electrons. The van der Waals surface area contributed by atoms with Gasteiger partial charge in [-0.3, -0.25) is 0 Å². The molecule has 1 aromatic rings. The largest absolute Gasteiger partial charge is 0.249 e. The zero-order valence-electron chi connectivity index (χ0n) is 10.3. The molecule has 0 fully saturated rings. The second-order valence-electron chi connectivity index (χ2n) is 5.09. The van der Waals surface area contributed by atoms with Crippen molar-refractivity contribution in [2.24, 2.45) is 0 Å². The summed E-state index contributed by atoms with van der Waals surface area (Å²) in [5, 5.41) is 0. The predicted molar refractivity (Wildman–Crippen MR) is 62.0 cm³/mol. The number of hydrogen-bond donors (Lipinski definition) is 0. The number of halogens is 4. The molecule has 0 heterocycles. The Morgan fingerprint density at radius 1 is 1.39 bits per heavy atom. The molecule has 1 unspecified atom stereocenters. The molecule has 0 bridgehead atoms. The summed E-state index contributed by atoms with van der Waals surface area (Å²) in [6.07, 6.45) is -0.528. The molecule has 0 aliphatic heterocycles. The second-order valence-corrected chi connectivity index (χ2v) is 5.09. The summed E-state index contributed by atoms with van der Waals surface area (Å²) in [5.74, 6) is -3.86. The molecular formula is C14H14F4. The van der Waals surface area contributed by atoms with E-state index in [-0.39, 0.29) is 23.1 Å². The average molecular weight is 258 g/mol. The van der Waals surface area contributed by atoms with E-state index in [1.807, 2.05) is 0 Å². The van der Waals surface area contributed by atoms with E-state index < -0.39 is 23.8 Å². The third kappa shape index (κ3) is 2.04. The van der Waals surface area contributed by atoms with Gasteiger partial charge in [0.05, 0.1) is 0 Å². The third-order valence-electron chi connectivity index (χ3n) is 3.37. The summed E-state index contributed by atoms with van der Waals surface area (Å²) in [6, 6.07) is 2.56. The highest BCUT2D eigenvalue weighted by atomic mass is 19.3. The van der Waals surface area contributed by atoms with Crippen molar-refractivity contribution >= 4 is 0 Å². The van der Waals surface area contributed by atoms with Crippen LogP contribution in [-0.4, -0.2) is 5.92 Å². The molecule has 0 spiro atoms. The van der Waals surface area contributed by atoms with Crippen molar-refractivity contribution in [3.63, 3.8) is 0 Å². The maximum atomic E-state index is 14.5. The summed E-state index contributed by atoms with van der Waals surface area (Å²) in [6.45, 7) is 5.55. The molecule has 2 rings (SSSR count). The van der Waals surface area contributed by atoms with Gasteiger partial charge in [-0.2, -0.15) is 0 Å². The molecule has 1 aliphatic carbocycles. The van der Waals surface area contributed by atoms with Gasteiger partial charge >= 0.3 is 0 Å². The van der Waals surface area contributed by atoms with Crippen molar-refractivity contribution in [1.29, 1.82) is 0 Å². The minimum absolute atomic E-state index is 0.0361. The van der Waals surface area contributed by atoms with Crippen LogP contribution >= 0.6 is 0 Å². The highest BCUT2D eigenvalue weighted by molar-refractivity contribution is 5.52. The minimum atomic E-state index is -3.07. The van der Waals surface area contributed by atoms with Gasteiger partial charge in [-0.05, 0) is 37.5 Å². The Morgan fingerprint density at radius 2 is 2.00 bits per heavy atom. The van der Waals surface area contributed by atoms with Crippen LogP contribution in [0.1, 0.15) is 30.5 Å². The smallest absolute Gasteiger partial charge is 0.234 e. The van der Waals surface area contributed by atoms with E-state index in [0.29, 0.717) is 12.5 Å². The maximum Gasteiger partial charge on any atom is 0.249 e. The number of rotatable bonds is 2. The summed E-state index contributed by atoms with van der Waals surface area (Å²) < 4.78 is 54.4. The number of benzene rings is 1. The zero-order chi connectivity index (χ0) is 13.7. The van der Waals surface area contributed by atoms with Crippen molar-refractivity contribution in [2.45, 2.75) is 38.3 Å². The van der Waals surface area contributed by atoms with Crippen LogP contribution in [0.4, 0.5) is 17.6 Å². The highest BCUT2D eigenvalue weighted by Gasteiger charge is 2.42. The van der Waals surface area contributed by atoms with Crippen molar-refractivity contribution < 1.29 is 17.6 Å². The summed E-state index contributed by atoms with van der Waals surface area (Å²) in [4.78, 5) is 0. The van der Waals surface area contributed by atoms with Crippen LogP contribution < -0.4 is 0 Å². The van der Waals surface area contributed by atoms with Crippen molar-refractivity contribution in [3.05, 3.63) is 46.8 Å². The monoisotopic (exact) mass is 258 g/mol. The summed E-state index contributed by atoms with van der Waals surface area (Å²) >= 11 is 0. The number of alkyl halides is 3. The molecule has 1 aliphatic rings. The van der Waals surface area contributed by atoms with Gasteiger partial charge in [0, 0.05) is 17.5 Å². The first-order valence-electron chi connectivity index (χ1n) is 5.68. The van der Waals surface area contributed by atoms with Crippen LogP contribution in [-0.2, 0) is 18.5 Å². The molecule has 4 heteroatoms. The Labute approximate surface area is 103 Å². The van der Waals surface area contributed by atoms with Crippen LogP contribution in [0.15, 0.2) is 24.3 Å². The fourth-order valence-corrected chi connectivity index (χ4v) is 2.46. The van der Waals surface area contributed by atoms with Gasteiger partial charge in [0.25, 0.3) is 0 Å². The molecule has 0 saturated heterocycles.